The molecule has 1 amide bonds. The Morgan fingerprint density at radius 1 is 1.09 bits per heavy atom. The van der Waals surface area contributed by atoms with Crippen LogP contribution in [-0.2, 0) is 6.54 Å². The smallest absolute Gasteiger partial charge is 0.253 e. The van der Waals surface area contributed by atoms with Crippen LogP contribution in [0.1, 0.15) is 29.6 Å². The van der Waals surface area contributed by atoms with Gasteiger partial charge in [-0.05, 0) is 50.9 Å². The zero-order valence-corrected chi connectivity index (χ0v) is 12.8. The van der Waals surface area contributed by atoms with Crippen molar-refractivity contribution in [3.05, 3.63) is 30.0 Å². The molecule has 0 unspecified atom stereocenters. The molecule has 116 valence electrons. The van der Waals surface area contributed by atoms with Gasteiger partial charge < -0.3 is 10.2 Å². The number of hydrogen-bond donors (Lipinski definition) is 1. The molecule has 1 N–H and O–H groups in total. The Labute approximate surface area is 130 Å². The first-order chi connectivity index (χ1) is 10.8. The molecule has 5 heterocycles. The Morgan fingerprint density at radius 2 is 1.86 bits per heavy atom. The number of para-hydroxylation sites is 1. The van der Waals surface area contributed by atoms with Gasteiger partial charge in [0.1, 0.15) is 0 Å². The van der Waals surface area contributed by atoms with Crippen LogP contribution in [0.25, 0.3) is 10.9 Å². The Hall–Kier alpha value is -1.88. The highest BCUT2D eigenvalue weighted by Gasteiger charge is 2.24. The fraction of sp³-hybridized carbons (Fsp3) is 0.529. The standard InChI is InChI=1S/C10H9N3O.C7H13N/c14-10-8-3-1-2-7-6-12-13(9(7)8)5-4-11-10;1-4-8-5-2-7(1)3-6-8/h1-3,6H,4-5H2,(H,11,14);7H,1-6H2. The van der Waals surface area contributed by atoms with Crippen LogP contribution in [0.5, 0.6) is 0 Å². The minimum absolute atomic E-state index is 0.00477. The van der Waals surface area contributed by atoms with E-state index < -0.39 is 0 Å². The van der Waals surface area contributed by atoms with Gasteiger partial charge in [-0.3, -0.25) is 9.48 Å². The molecule has 4 aliphatic rings. The van der Waals surface area contributed by atoms with Crippen molar-refractivity contribution in [3.8, 4) is 0 Å². The van der Waals surface area contributed by atoms with E-state index in [0.29, 0.717) is 6.54 Å². The lowest BCUT2D eigenvalue weighted by atomic mass is 9.89. The Morgan fingerprint density at radius 3 is 2.50 bits per heavy atom. The highest BCUT2D eigenvalue weighted by Crippen LogP contribution is 2.26. The maximum absolute atomic E-state index is 11.6. The zero-order chi connectivity index (χ0) is 14.9. The number of carbonyl (C=O) groups is 1. The van der Waals surface area contributed by atoms with E-state index in [-0.39, 0.29) is 5.91 Å². The highest BCUT2D eigenvalue weighted by atomic mass is 16.1. The van der Waals surface area contributed by atoms with Crippen molar-refractivity contribution in [1.82, 2.24) is 20.0 Å². The minimum Gasteiger partial charge on any atom is -0.350 e. The average Bonchev–Trinajstić information content (AvgIpc) is 2.92. The van der Waals surface area contributed by atoms with Crippen LogP contribution >= 0.6 is 0 Å². The molecule has 2 aromatic rings. The van der Waals surface area contributed by atoms with E-state index in [1.807, 2.05) is 22.9 Å². The molecule has 1 aromatic heterocycles. The number of amides is 1. The summed E-state index contributed by atoms with van der Waals surface area (Å²) in [6.45, 7) is 5.57. The summed E-state index contributed by atoms with van der Waals surface area (Å²) in [5, 5.41) is 8.11. The van der Waals surface area contributed by atoms with E-state index in [0.717, 1.165) is 28.9 Å². The second-order valence-electron chi connectivity index (χ2n) is 6.44. The van der Waals surface area contributed by atoms with Crippen molar-refractivity contribution in [2.75, 3.05) is 26.2 Å². The molecule has 5 heteroatoms. The lowest BCUT2D eigenvalue weighted by Gasteiger charge is -2.38. The van der Waals surface area contributed by atoms with Crippen LogP contribution in [0.4, 0.5) is 0 Å². The third-order valence-corrected chi connectivity index (χ3v) is 5.08. The topological polar surface area (TPSA) is 50.2 Å². The third-order valence-electron chi connectivity index (χ3n) is 5.08. The second-order valence-corrected chi connectivity index (χ2v) is 6.44. The maximum Gasteiger partial charge on any atom is 0.253 e. The van der Waals surface area contributed by atoms with Gasteiger partial charge in [-0.25, -0.2) is 0 Å². The minimum atomic E-state index is -0.00477. The number of carbonyl (C=O) groups excluding carboxylic acids is 1. The fourth-order valence-electron chi connectivity index (χ4n) is 3.73. The van der Waals surface area contributed by atoms with Crippen LogP contribution < -0.4 is 5.32 Å². The molecule has 0 saturated carbocycles. The van der Waals surface area contributed by atoms with E-state index in [1.54, 1.807) is 6.20 Å². The van der Waals surface area contributed by atoms with Gasteiger partial charge in [-0.1, -0.05) is 12.1 Å². The number of piperidine rings is 3. The molecular formula is C17H22N4O. The number of nitrogens with zero attached hydrogens (tertiary/aromatic N) is 3. The highest BCUT2D eigenvalue weighted by molar-refractivity contribution is 6.05. The number of hydrogen-bond acceptors (Lipinski definition) is 3. The van der Waals surface area contributed by atoms with E-state index in [1.165, 1.54) is 38.9 Å². The Balaban J connectivity index is 0.000000132. The third kappa shape index (κ3) is 2.50. The van der Waals surface area contributed by atoms with Crippen LogP contribution in [0.2, 0.25) is 0 Å². The molecular weight excluding hydrogens is 276 g/mol. The summed E-state index contributed by atoms with van der Waals surface area (Å²) in [4.78, 5) is 14.2. The van der Waals surface area contributed by atoms with Gasteiger partial charge in [0, 0.05) is 11.9 Å². The molecule has 0 spiro atoms. The van der Waals surface area contributed by atoms with Gasteiger partial charge in [0.15, 0.2) is 0 Å². The van der Waals surface area contributed by atoms with Gasteiger partial charge in [-0.15, -0.1) is 0 Å². The van der Waals surface area contributed by atoms with Crippen molar-refractivity contribution in [2.45, 2.75) is 25.8 Å². The monoisotopic (exact) mass is 298 g/mol. The van der Waals surface area contributed by atoms with E-state index in [9.17, 15) is 4.79 Å². The van der Waals surface area contributed by atoms with Gasteiger partial charge in [0.05, 0.1) is 23.8 Å². The van der Waals surface area contributed by atoms with E-state index in [2.05, 4.69) is 15.3 Å². The molecule has 1 aromatic carbocycles. The quantitative estimate of drug-likeness (QED) is 0.808. The lowest BCUT2D eigenvalue weighted by Crippen LogP contribution is -2.41. The van der Waals surface area contributed by atoms with Crippen LogP contribution in [0.3, 0.4) is 0 Å². The van der Waals surface area contributed by atoms with Crippen molar-refractivity contribution in [3.63, 3.8) is 0 Å². The van der Waals surface area contributed by atoms with Gasteiger partial charge in [0.25, 0.3) is 5.91 Å². The average molecular weight is 298 g/mol. The second kappa shape index (κ2) is 5.72. The Bertz CT molecular complexity index is 662. The summed E-state index contributed by atoms with van der Waals surface area (Å²) in [5.41, 5.74) is 1.67. The number of fused-ring (bicyclic) bond motifs is 3. The first kappa shape index (κ1) is 13.8. The summed E-state index contributed by atoms with van der Waals surface area (Å²) < 4.78 is 1.88. The normalized spacial score (nSPS) is 26.1. The van der Waals surface area contributed by atoms with Gasteiger partial charge in [-0.2, -0.15) is 5.10 Å². The summed E-state index contributed by atoms with van der Waals surface area (Å²) in [6, 6.07) is 5.69. The van der Waals surface area contributed by atoms with Crippen molar-refractivity contribution < 1.29 is 4.79 Å². The van der Waals surface area contributed by atoms with Crippen LogP contribution in [0, 0.1) is 5.92 Å². The maximum atomic E-state index is 11.6. The van der Waals surface area contributed by atoms with Gasteiger partial charge >= 0.3 is 0 Å². The van der Waals surface area contributed by atoms with Crippen molar-refractivity contribution in [1.29, 1.82) is 0 Å². The number of benzene rings is 1. The molecule has 0 aliphatic carbocycles. The SMILES string of the molecule is C1CN2CCC1CC2.O=C1NCCn2ncc3cccc1c32. The molecule has 6 rings (SSSR count). The largest absolute Gasteiger partial charge is 0.350 e. The zero-order valence-electron chi connectivity index (χ0n) is 12.8. The predicted molar refractivity (Wildman–Crippen MR) is 85.8 cm³/mol. The summed E-state index contributed by atoms with van der Waals surface area (Å²) in [5.74, 6) is 1.11. The van der Waals surface area contributed by atoms with Crippen LogP contribution in [0.15, 0.2) is 24.4 Å². The Kier molecular flexibility index (Phi) is 3.58. The lowest BCUT2D eigenvalue weighted by molar-refractivity contribution is 0.0956. The van der Waals surface area contributed by atoms with Crippen LogP contribution in [-0.4, -0.2) is 46.8 Å². The molecule has 3 saturated heterocycles. The number of rotatable bonds is 0. The molecule has 5 nitrogen and oxygen atoms in total. The number of aromatic nitrogens is 2. The van der Waals surface area contributed by atoms with E-state index in [4.69, 9.17) is 0 Å². The molecule has 22 heavy (non-hydrogen) atoms. The van der Waals surface area contributed by atoms with Crippen molar-refractivity contribution in [2.24, 2.45) is 5.92 Å². The summed E-state index contributed by atoms with van der Waals surface area (Å²) >= 11 is 0. The van der Waals surface area contributed by atoms with Gasteiger partial charge in [0.2, 0.25) is 0 Å². The molecule has 2 bridgehead atoms. The van der Waals surface area contributed by atoms with Crippen molar-refractivity contribution >= 4 is 16.8 Å². The predicted octanol–water partition coefficient (Wildman–Crippen LogP) is 1.88. The first-order valence-corrected chi connectivity index (χ1v) is 8.26. The molecule has 4 aliphatic heterocycles. The molecule has 0 atom stereocenters. The first-order valence-electron chi connectivity index (χ1n) is 8.26. The van der Waals surface area contributed by atoms with E-state index >= 15 is 0 Å². The fourth-order valence-corrected chi connectivity index (χ4v) is 3.73. The summed E-state index contributed by atoms with van der Waals surface area (Å²) in [7, 11) is 0. The summed E-state index contributed by atoms with van der Waals surface area (Å²) in [6.07, 6.45) is 6.26. The number of nitrogens with one attached hydrogen (secondary N) is 1. The molecule has 3 fully saturated rings. The molecule has 0 radical (unpaired) electrons.